The summed E-state index contributed by atoms with van der Waals surface area (Å²) in [5.41, 5.74) is 1.44. The third-order valence-corrected chi connectivity index (χ3v) is 3.78. The van der Waals surface area contributed by atoms with Crippen LogP contribution in [-0.4, -0.2) is 40.8 Å². The van der Waals surface area contributed by atoms with Crippen molar-refractivity contribution in [2.75, 3.05) is 6.54 Å². The summed E-state index contributed by atoms with van der Waals surface area (Å²) in [5.74, 6) is -0.808. The molecule has 114 valence electrons. The molecule has 3 atom stereocenters. The minimum atomic E-state index is -1.47. The number of aliphatic carboxylic acids is 1. The number of ether oxygens (including phenoxy) is 1. The number of carboxylic acids is 1. The number of benzene rings is 1. The van der Waals surface area contributed by atoms with Crippen molar-refractivity contribution in [2.24, 2.45) is 0 Å². The first-order valence-corrected chi connectivity index (χ1v) is 6.90. The van der Waals surface area contributed by atoms with E-state index in [0.717, 1.165) is 5.56 Å². The molecule has 1 amide bonds. The zero-order valence-electron chi connectivity index (χ0n) is 12.0. The molecule has 2 unspecified atom stereocenters. The topological polar surface area (TPSA) is 95.9 Å². The number of hydrogen-bond acceptors (Lipinski definition) is 4. The number of hydrogen-bond donors (Lipinski definition) is 3. The van der Waals surface area contributed by atoms with Crippen molar-refractivity contribution < 1.29 is 24.5 Å². The molecule has 3 N–H and O–H groups in total. The van der Waals surface area contributed by atoms with Crippen molar-refractivity contribution in [1.29, 1.82) is 0 Å². The molecule has 0 bridgehead atoms. The summed E-state index contributed by atoms with van der Waals surface area (Å²) in [4.78, 5) is 22.6. The van der Waals surface area contributed by atoms with Crippen LogP contribution in [0.5, 0.6) is 5.75 Å². The Labute approximate surface area is 122 Å². The molecule has 0 saturated heterocycles. The van der Waals surface area contributed by atoms with Crippen LogP contribution in [-0.2, 0) is 4.79 Å². The highest BCUT2D eigenvalue weighted by molar-refractivity contribution is 5.97. The molecule has 1 heterocycles. The van der Waals surface area contributed by atoms with Gasteiger partial charge in [0.1, 0.15) is 11.9 Å². The molecule has 0 aliphatic carbocycles. The molecule has 0 spiro atoms. The number of rotatable bonds is 5. The second kappa shape index (κ2) is 6.13. The number of carbonyl (C=O) groups is 2. The van der Waals surface area contributed by atoms with E-state index in [1.165, 1.54) is 0 Å². The summed E-state index contributed by atoms with van der Waals surface area (Å²) < 4.78 is 5.73. The molecule has 21 heavy (non-hydrogen) atoms. The first-order valence-electron chi connectivity index (χ1n) is 6.90. The summed E-state index contributed by atoms with van der Waals surface area (Å²) in [6.45, 7) is 4.08. The summed E-state index contributed by atoms with van der Waals surface area (Å²) in [7, 11) is 0. The monoisotopic (exact) mass is 293 g/mol. The fourth-order valence-electron chi connectivity index (χ4n) is 2.31. The van der Waals surface area contributed by atoms with Gasteiger partial charge in [-0.2, -0.15) is 0 Å². The van der Waals surface area contributed by atoms with E-state index in [1.807, 2.05) is 19.9 Å². The normalized spacial score (nSPS) is 21.3. The predicted molar refractivity (Wildman–Crippen MR) is 75.5 cm³/mol. The maximum atomic E-state index is 12.1. The van der Waals surface area contributed by atoms with Gasteiger partial charge in [0.05, 0.1) is 5.56 Å². The van der Waals surface area contributed by atoms with Gasteiger partial charge in [-0.15, -0.1) is 0 Å². The zero-order chi connectivity index (χ0) is 15.6. The Kier molecular flexibility index (Phi) is 4.47. The van der Waals surface area contributed by atoms with Crippen molar-refractivity contribution in [3.8, 4) is 5.75 Å². The van der Waals surface area contributed by atoms with E-state index < -0.39 is 12.1 Å². The molecule has 1 aliphatic heterocycles. The third kappa shape index (κ3) is 3.16. The van der Waals surface area contributed by atoms with Crippen LogP contribution in [0.4, 0.5) is 0 Å². The first kappa shape index (κ1) is 15.3. The molecule has 6 heteroatoms. The van der Waals surface area contributed by atoms with E-state index in [2.05, 4.69) is 5.32 Å². The highest BCUT2D eigenvalue weighted by atomic mass is 16.5. The number of amides is 1. The Balaban J connectivity index is 2.03. The number of fused-ring (bicyclic) bond motifs is 1. The average Bonchev–Trinajstić information content (AvgIpc) is 2.74. The largest absolute Gasteiger partial charge is 0.489 e. The lowest BCUT2D eigenvalue weighted by molar-refractivity contribution is -0.146. The third-order valence-electron chi connectivity index (χ3n) is 3.78. The van der Waals surface area contributed by atoms with Gasteiger partial charge in [0.25, 0.3) is 5.91 Å². The maximum absolute atomic E-state index is 12.1. The Morgan fingerprint density at radius 1 is 1.38 bits per heavy atom. The minimum Gasteiger partial charge on any atom is -0.489 e. The van der Waals surface area contributed by atoms with Gasteiger partial charge in [0, 0.05) is 24.4 Å². The van der Waals surface area contributed by atoms with Crippen LogP contribution in [0.2, 0.25) is 0 Å². The minimum absolute atomic E-state index is 0.0165. The van der Waals surface area contributed by atoms with Crippen molar-refractivity contribution in [1.82, 2.24) is 5.32 Å². The number of para-hydroxylation sites is 1. The smallest absolute Gasteiger partial charge is 0.332 e. The second-order valence-electron chi connectivity index (χ2n) is 5.23. The summed E-state index contributed by atoms with van der Waals surface area (Å²) in [6, 6.07) is 5.42. The van der Waals surface area contributed by atoms with Crippen molar-refractivity contribution in [2.45, 2.75) is 38.4 Å². The fraction of sp³-hybridized carbons (Fsp3) is 0.467. The van der Waals surface area contributed by atoms with Crippen LogP contribution in [0.1, 0.15) is 42.1 Å². The molecular weight excluding hydrogens is 274 g/mol. The Morgan fingerprint density at radius 2 is 2.10 bits per heavy atom. The number of aliphatic hydroxyl groups excluding tert-OH is 1. The van der Waals surface area contributed by atoms with E-state index in [1.54, 1.807) is 12.1 Å². The first-order chi connectivity index (χ1) is 9.91. The molecule has 6 nitrogen and oxygen atoms in total. The molecule has 1 aromatic carbocycles. The van der Waals surface area contributed by atoms with Crippen molar-refractivity contribution in [3.63, 3.8) is 0 Å². The molecule has 1 aromatic rings. The Morgan fingerprint density at radius 3 is 2.76 bits per heavy atom. The van der Waals surface area contributed by atoms with Gasteiger partial charge in [-0.3, -0.25) is 4.79 Å². The lowest BCUT2D eigenvalue weighted by atomic mass is 9.97. The quantitative estimate of drug-likeness (QED) is 0.756. The van der Waals surface area contributed by atoms with Gasteiger partial charge in [-0.05, 0) is 13.0 Å². The number of nitrogens with one attached hydrogen (secondary N) is 1. The van der Waals surface area contributed by atoms with E-state index in [4.69, 9.17) is 14.9 Å². The van der Waals surface area contributed by atoms with Crippen molar-refractivity contribution >= 4 is 11.9 Å². The van der Waals surface area contributed by atoms with Gasteiger partial charge in [0.2, 0.25) is 0 Å². The van der Waals surface area contributed by atoms with E-state index >= 15 is 0 Å². The number of carboxylic acid groups (broad SMARTS) is 1. The van der Waals surface area contributed by atoms with E-state index in [9.17, 15) is 9.59 Å². The lowest BCUT2D eigenvalue weighted by Crippen LogP contribution is -2.30. The van der Waals surface area contributed by atoms with Gasteiger partial charge < -0.3 is 20.3 Å². The van der Waals surface area contributed by atoms with Crippen LogP contribution in [0.25, 0.3) is 0 Å². The molecule has 0 radical (unpaired) electrons. The maximum Gasteiger partial charge on any atom is 0.332 e. The summed E-state index contributed by atoms with van der Waals surface area (Å²) >= 11 is 0. The average molecular weight is 293 g/mol. The Hall–Kier alpha value is -2.08. The van der Waals surface area contributed by atoms with Crippen LogP contribution >= 0.6 is 0 Å². The van der Waals surface area contributed by atoms with E-state index in [0.29, 0.717) is 11.3 Å². The second-order valence-corrected chi connectivity index (χ2v) is 5.23. The number of aliphatic hydroxyl groups is 1. The van der Waals surface area contributed by atoms with Crippen LogP contribution < -0.4 is 10.1 Å². The summed E-state index contributed by atoms with van der Waals surface area (Å²) in [6.07, 6.45) is -1.49. The number of carbonyl (C=O) groups excluding carboxylic acids is 1. The zero-order valence-corrected chi connectivity index (χ0v) is 12.0. The van der Waals surface area contributed by atoms with Gasteiger partial charge >= 0.3 is 5.97 Å². The SMILES string of the molecule is CC1Oc2c(C(=O)NCC[C@H](O)C(=O)O)cccc2C1C. The van der Waals surface area contributed by atoms with Gasteiger partial charge in [-0.1, -0.05) is 19.1 Å². The van der Waals surface area contributed by atoms with Crippen LogP contribution in [0.15, 0.2) is 18.2 Å². The van der Waals surface area contributed by atoms with Crippen molar-refractivity contribution in [3.05, 3.63) is 29.3 Å². The lowest BCUT2D eigenvalue weighted by Gasteiger charge is -2.10. The molecule has 0 saturated carbocycles. The predicted octanol–water partition coefficient (Wildman–Crippen LogP) is 1.14. The molecule has 2 rings (SSSR count). The molecule has 1 aliphatic rings. The van der Waals surface area contributed by atoms with Crippen LogP contribution in [0.3, 0.4) is 0 Å². The highest BCUT2D eigenvalue weighted by Gasteiger charge is 2.31. The van der Waals surface area contributed by atoms with Crippen LogP contribution in [0, 0.1) is 0 Å². The standard InChI is InChI=1S/C15H19NO5/c1-8-9(2)21-13-10(8)4-3-5-11(13)14(18)16-7-6-12(17)15(19)20/h3-5,8-9,12,17H,6-7H2,1-2H3,(H,16,18)(H,19,20)/t8?,9?,12-/m0/s1. The fourth-order valence-corrected chi connectivity index (χ4v) is 2.31. The highest BCUT2D eigenvalue weighted by Crippen LogP contribution is 2.40. The molecule has 0 fully saturated rings. The molecule has 0 aromatic heterocycles. The van der Waals surface area contributed by atoms with E-state index in [-0.39, 0.29) is 30.9 Å². The Bertz CT molecular complexity index is 557. The molecular formula is C15H19NO5. The van der Waals surface area contributed by atoms with Gasteiger partial charge in [-0.25, -0.2) is 4.79 Å². The summed E-state index contributed by atoms with van der Waals surface area (Å²) in [5, 5.41) is 20.3. The van der Waals surface area contributed by atoms with Gasteiger partial charge in [0.15, 0.2) is 6.10 Å².